The predicted octanol–water partition coefficient (Wildman–Crippen LogP) is 1.83. The number of benzene rings is 1. The van der Waals surface area contributed by atoms with Crippen LogP contribution in [-0.2, 0) is 11.2 Å². The Bertz CT molecular complexity index is 408. The number of carbonyl (C=O) groups excluding carboxylic acids is 1. The van der Waals surface area contributed by atoms with Crippen LogP contribution in [0, 0.1) is 0 Å². The Morgan fingerprint density at radius 2 is 2.35 bits per heavy atom. The third-order valence-electron chi connectivity index (χ3n) is 3.05. The van der Waals surface area contributed by atoms with Crippen molar-refractivity contribution in [3.8, 4) is 0 Å². The highest BCUT2D eigenvalue weighted by molar-refractivity contribution is 6.30. The molecule has 1 heterocycles. The molecule has 0 spiro atoms. The van der Waals surface area contributed by atoms with E-state index in [1.54, 1.807) is 0 Å². The van der Waals surface area contributed by atoms with E-state index < -0.39 is 0 Å². The van der Waals surface area contributed by atoms with E-state index in [0.29, 0.717) is 18.0 Å². The fourth-order valence-electron chi connectivity index (χ4n) is 2.17. The van der Waals surface area contributed by atoms with E-state index in [-0.39, 0.29) is 11.9 Å². The van der Waals surface area contributed by atoms with Crippen molar-refractivity contribution in [2.45, 2.75) is 25.3 Å². The van der Waals surface area contributed by atoms with Gasteiger partial charge in [-0.3, -0.25) is 4.79 Å². The summed E-state index contributed by atoms with van der Waals surface area (Å²) in [4.78, 5) is 13.9. The van der Waals surface area contributed by atoms with Crippen molar-refractivity contribution in [3.05, 3.63) is 34.9 Å². The number of halogens is 1. The number of hydrogen-bond acceptors (Lipinski definition) is 2. The Kier molecular flexibility index (Phi) is 4.02. The van der Waals surface area contributed by atoms with Gasteiger partial charge in [0.25, 0.3) is 0 Å². The highest BCUT2D eigenvalue weighted by Crippen LogP contribution is 2.14. The fourth-order valence-corrected chi connectivity index (χ4v) is 2.38. The minimum absolute atomic E-state index is 0.132. The first kappa shape index (κ1) is 12.4. The zero-order valence-electron chi connectivity index (χ0n) is 9.73. The van der Waals surface area contributed by atoms with Gasteiger partial charge in [-0.05, 0) is 30.5 Å². The highest BCUT2D eigenvalue weighted by atomic mass is 35.5. The molecule has 1 amide bonds. The SMILES string of the molecule is N[C@H]1CCCN(C(=O)Cc2cccc(Cl)c2)C1. The largest absolute Gasteiger partial charge is 0.341 e. The van der Waals surface area contributed by atoms with Crippen molar-refractivity contribution in [2.75, 3.05) is 13.1 Å². The van der Waals surface area contributed by atoms with Crippen LogP contribution in [0.4, 0.5) is 0 Å². The maximum absolute atomic E-state index is 12.1. The molecule has 92 valence electrons. The van der Waals surface area contributed by atoms with E-state index in [1.807, 2.05) is 29.2 Å². The third-order valence-corrected chi connectivity index (χ3v) is 3.29. The molecule has 1 aliphatic rings. The Balaban J connectivity index is 1.96. The van der Waals surface area contributed by atoms with Crippen molar-refractivity contribution < 1.29 is 4.79 Å². The number of likely N-dealkylation sites (tertiary alicyclic amines) is 1. The molecule has 1 aromatic carbocycles. The van der Waals surface area contributed by atoms with E-state index >= 15 is 0 Å². The summed E-state index contributed by atoms with van der Waals surface area (Å²) in [6.07, 6.45) is 2.43. The summed E-state index contributed by atoms with van der Waals surface area (Å²) in [6.45, 7) is 1.51. The van der Waals surface area contributed by atoms with Gasteiger partial charge >= 0.3 is 0 Å². The molecule has 0 saturated carbocycles. The second-order valence-corrected chi connectivity index (χ2v) is 4.99. The van der Waals surface area contributed by atoms with Crippen LogP contribution in [0.25, 0.3) is 0 Å². The second kappa shape index (κ2) is 5.52. The van der Waals surface area contributed by atoms with Crippen LogP contribution in [0.1, 0.15) is 18.4 Å². The van der Waals surface area contributed by atoms with E-state index in [4.69, 9.17) is 17.3 Å². The van der Waals surface area contributed by atoms with Crippen molar-refractivity contribution >= 4 is 17.5 Å². The summed E-state index contributed by atoms with van der Waals surface area (Å²) in [5.74, 6) is 0.141. The minimum atomic E-state index is 0.132. The molecule has 1 fully saturated rings. The monoisotopic (exact) mass is 252 g/mol. The molecule has 0 unspecified atom stereocenters. The molecule has 2 rings (SSSR count). The Morgan fingerprint density at radius 1 is 1.53 bits per heavy atom. The predicted molar refractivity (Wildman–Crippen MR) is 68.9 cm³/mol. The Morgan fingerprint density at radius 3 is 3.06 bits per heavy atom. The van der Waals surface area contributed by atoms with Crippen molar-refractivity contribution in [1.82, 2.24) is 4.90 Å². The average Bonchev–Trinajstić information content (AvgIpc) is 2.29. The number of nitrogens with zero attached hydrogens (tertiary/aromatic N) is 1. The average molecular weight is 253 g/mol. The number of piperidine rings is 1. The maximum atomic E-state index is 12.1. The van der Waals surface area contributed by atoms with Gasteiger partial charge in [-0.2, -0.15) is 0 Å². The van der Waals surface area contributed by atoms with Gasteiger partial charge in [0.2, 0.25) is 5.91 Å². The molecule has 17 heavy (non-hydrogen) atoms. The fraction of sp³-hybridized carbons (Fsp3) is 0.462. The zero-order valence-corrected chi connectivity index (χ0v) is 10.5. The molecule has 0 radical (unpaired) electrons. The molecule has 0 bridgehead atoms. The van der Waals surface area contributed by atoms with Crippen LogP contribution >= 0.6 is 11.6 Å². The number of rotatable bonds is 2. The first-order chi connectivity index (χ1) is 8.15. The molecule has 2 N–H and O–H groups in total. The third kappa shape index (κ3) is 3.45. The van der Waals surface area contributed by atoms with E-state index in [1.165, 1.54) is 0 Å². The smallest absolute Gasteiger partial charge is 0.227 e. The number of hydrogen-bond donors (Lipinski definition) is 1. The van der Waals surface area contributed by atoms with Crippen LogP contribution in [0.3, 0.4) is 0 Å². The van der Waals surface area contributed by atoms with Gasteiger partial charge in [0, 0.05) is 24.2 Å². The van der Waals surface area contributed by atoms with Crippen LogP contribution < -0.4 is 5.73 Å². The summed E-state index contributed by atoms with van der Waals surface area (Å²) in [5, 5.41) is 0.672. The maximum Gasteiger partial charge on any atom is 0.227 e. The van der Waals surface area contributed by atoms with Crippen molar-refractivity contribution in [2.24, 2.45) is 5.73 Å². The van der Waals surface area contributed by atoms with Gasteiger partial charge in [0.1, 0.15) is 0 Å². The van der Waals surface area contributed by atoms with Crippen molar-refractivity contribution in [1.29, 1.82) is 0 Å². The van der Waals surface area contributed by atoms with Gasteiger partial charge in [-0.25, -0.2) is 0 Å². The van der Waals surface area contributed by atoms with Gasteiger partial charge in [-0.15, -0.1) is 0 Å². The molecule has 3 nitrogen and oxygen atoms in total. The molecule has 4 heteroatoms. The minimum Gasteiger partial charge on any atom is -0.341 e. The number of carbonyl (C=O) groups is 1. The first-order valence-corrected chi connectivity index (χ1v) is 6.31. The summed E-state index contributed by atoms with van der Waals surface area (Å²) in [6, 6.07) is 7.57. The van der Waals surface area contributed by atoms with Crippen LogP contribution in [-0.4, -0.2) is 29.9 Å². The standard InChI is InChI=1S/C13H17ClN2O/c14-11-4-1-3-10(7-11)8-13(17)16-6-2-5-12(15)9-16/h1,3-4,7,12H,2,5-6,8-9,15H2/t12-/m0/s1. The molecule has 1 atom stereocenters. The van der Waals surface area contributed by atoms with Gasteiger partial charge in [-0.1, -0.05) is 23.7 Å². The van der Waals surface area contributed by atoms with Crippen LogP contribution in [0.2, 0.25) is 5.02 Å². The van der Waals surface area contributed by atoms with Gasteiger partial charge < -0.3 is 10.6 Å². The lowest BCUT2D eigenvalue weighted by Gasteiger charge is -2.30. The first-order valence-electron chi connectivity index (χ1n) is 5.93. The summed E-state index contributed by atoms with van der Waals surface area (Å²) in [7, 11) is 0. The normalized spacial score (nSPS) is 20.4. The quantitative estimate of drug-likeness (QED) is 0.873. The number of amides is 1. The zero-order chi connectivity index (χ0) is 12.3. The number of nitrogens with two attached hydrogens (primary N) is 1. The molecule has 1 aliphatic heterocycles. The molecule has 1 saturated heterocycles. The lowest BCUT2D eigenvalue weighted by molar-refractivity contribution is -0.131. The summed E-state index contributed by atoms with van der Waals surface area (Å²) in [5.41, 5.74) is 6.83. The van der Waals surface area contributed by atoms with Crippen molar-refractivity contribution in [3.63, 3.8) is 0 Å². The second-order valence-electron chi connectivity index (χ2n) is 4.55. The molecule has 0 aromatic heterocycles. The molecule has 0 aliphatic carbocycles. The topological polar surface area (TPSA) is 46.3 Å². The van der Waals surface area contributed by atoms with Crippen LogP contribution in [0.15, 0.2) is 24.3 Å². The Hall–Kier alpha value is -1.06. The molecule has 1 aromatic rings. The van der Waals surface area contributed by atoms with E-state index in [2.05, 4.69) is 0 Å². The van der Waals surface area contributed by atoms with Crippen LogP contribution in [0.5, 0.6) is 0 Å². The van der Waals surface area contributed by atoms with Gasteiger partial charge in [0.05, 0.1) is 6.42 Å². The lowest BCUT2D eigenvalue weighted by atomic mass is 10.1. The Labute approximate surface area is 107 Å². The van der Waals surface area contributed by atoms with E-state index in [9.17, 15) is 4.79 Å². The molecular weight excluding hydrogens is 236 g/mol. The van der Waals surface area contributed by atoms with Gasteiger partial charge in [0.15, 0.2) is 0 Å². The summed E-state index contributed by atoms with van der Waals surface area (Å²) < 4.78 is 0. The molecular formula is C13H17ClN2O. The lowest BCUT2D eigenvalue weighted by Crippen LogP contribution is -2.46. The van der Waals surface area contributed by atoms with E-state index in [0.717, 1.165) is 24.9 Å². The highest BCUT2D eigenvalue weighted by Gasteiger charge is 2.21. The summed E-state index contributed by atoms with van der Waals surface area (Å²) >= 11 is 5.89.